The number of halogens is 3. The smallest absolute Gasteiger partial charge is 0.416 e. The Hall–Kier alpha value is -1.80. The van der Waals surface area contributed by atoms with Crippen LogP contribution in [0.2, 0.25) is 0 Å². The summed E-state index contributed by atoms with van der Waals surface area (Å²) in [5, 5.41) is 15.9. The van der Waals surface area contributed by atoms with Crippen LogP contribution >= 0.6 is 0 Å². The first-order valence-corrected chi connectivity index (χ1v) is 8.77. The minimum absolute atomic E-state index is 0.0210. The van der Waals surface area contributed by atoms with E-state index in [2.05, 4.69) is 10.6 Å². The highest BCUT2D eigenvalue weighted by Gasteiger charge is 2.57. The second-order valence-corrected chi connectivity index (χ2v) is 7.10. The van der Waals surface area contributed by atoms with Crippen molar-refractivity contribution >= 4 is 5.91 Å². The van der Waals surface area contributed by atoms with Crippen molar-refractivity contribution in [1.29, 1.82) is 0 Å². The number of ether oxygens (including phenoxy) is 1. The molecule has 1 aliphatic heterocycles. The monoisotopic (exact) mass is 372 g/mol. The molecular formula is C18H23F3N2O3. The summed E-state index contributed by atoms with van der Waals surface area (Å²) in [5.74, 6) is 0.215. The van der Waals surface area contributed by atoms with Gasteiger partial charge in [-0.05, 0) is 62.0 Å². The van der Waals surface area contributed by atoms with E-state index in [9.17, 15) is 23.1 Å². The zero-order chi connectivity index (χ0) is 18.8. The van der Waals surface area contributed by atoms with Crippen molar-refractivity contribution in [2.45, 2.75) is 31.5 Å². The SMILES string of the molecule is O=C(NCC(O)COc1ccc(C(F)(F)F)cc1)C1CC12CCNCC2. The molecule has 3 N–H and O–H groups in total. The fourth-order valence-electron chi connectivity index (χ4n) is 3.53. The van der Waals surface area contributed by atoms with E-state index in [1.165, 1.54) is 12.1 Å². The number of carbonyl (C=O) groups is 1. The third kappa shape index (κ3) is 4.48. The van der Waals surface area contributed by atoms with Gasteiger partial charge in [-0.2, -0.15) is 13.2 Å². The Balaban J connectivity index is 1.38. The Kier molecular flexibility index (Phi) is 5.43. The highest BCUT2D eigenvalue weighted by molar-refractivity contribution is 5.82. The van der Waals surface area contributed by atoms with E-state index < -0.39 is 17.8 Å². The van der Waals surface area contributed by atoms with E-state index in [4.69, 9.17) is 4.74 Å². The number of aliphatic hydroxyl groups is 1. The molecule has 2 atom stereocenters. The molecule has 2 unspecified atom stereocenters. The molecule has 1 aliphatic carbocycles. The number of aliphatic hydroxyl groups excluding tert-OH is 1. The largest absolute Gasteiger partial charge is 0.491 e. The van der Waals surface area contributed by atoms with Crippen LogP contribution in [-0.4, -0.2) is 43.4 Å². The topological polar surface area (TPSA) is 70.6 Å². The van der Waals surface area contributed by atoms with Crippen LogP contribution in [0.15, 0.2) is 24.3 Å². The second kappa shape index (κ2) is 7.44. The van der Waals surface area contributed by atoms with Gasteiger partial charge in [-0.3, -0.25) is 4.79 Å². The Labute approximate surface area is 149 Å². The number of benzene rings is 1. The van der Waals surface area contributed by atoms with Crippen LogP contribution in [-0.2, 0) is 11.0 Å². The molecule has 2 aliphatic rings. The van der Waals surface area contributed by atoms with Crippen LogP contribution in [0.25, 0.3) is 0 Å². The minimum Gasteiger partial charge on any atom is -0.491 e. The molecule has 2 fully saturated rings. The van der Waals surface area contributed by atoms with Crippen LogP contribution in [0, 0.1) is 11.3 Å². The highest BCUT2D eigenvalue weighted by Crippen LogP contribution is 2.58. The van der Waals surface area contributed by atoms with Gasteiger partial charge in [0.25, 0.3) is 0 Å². The second-order valence-electron chi connectivity index (χ2n) is 7.10. The van der Waals surface area contributed by atoms with Crippen molar-refractivity contribution < 1.29 is 27.8 Å². The van der Waals surface area contributed by atoms with Gasteiger partial charge < -0.3 is 20.5 Å². The fraction of sp³-hybridized carbons (Fsp3) is 0.611. The lowest BCUT2D eigenvalue weighted by Gasteiger charge is -2.23. The predicted molar refractivity (Wildman–Crippen MR) is 88.6 cm³/mol. The number of hydrogen-bond acceptors (Lipinski definition) is 4. The summed E-state index contributed by atoms with van der Waals surface area (Å²) in [5.41, 5.74) is -0.620. The van der Waals surface area contributed by atoms with E-state index in [0.717, 1.165) is 44.5 Å². The summed E-state index contributed by atoms with van der Waals surface area (Å²) in [4.78, 5) is 12.2. The lowest BCUT2D eigenvalue weighted by molar-refractivity contribution is -0.137. The van der Waals surface area contributed by atoms with E-state index in [1.54, 1.807) is 0 Å². The molecule has 1 aromatic carbocycles. The maximum absolute atomic E-state index is 12.5. The van der Waals surface area contributed by atoms with Crippen LogP contribution in [0.5, 0.6) is 5.75 Å². The average molecular weight is 372 g/mol. The first-order chi connectivity index (χ1) is 12.3. The third-order valence-corrected chi connectivity index (χ3v) is 5.24. The fourth-order valence-corrected chi connectivity index (χ4v) is 3.53. The molecule has 1 saturated heterocycles. The van der Waals surface area contributed by atoms with Gasteiger partial charge >= 0.3 is 6.18 Å². The Morgan fingerprint density at radius 1 is 1.31 bits per heavy atom. The van der Waals surface area contributed by atoms with Crippen LogP contribution in [0.4, 0.5) is 13.2 Å². The van der Waals surface area contributed by atoms with Crippen LogP contribution in [0.3, 0.4) is 0 Å². The zero-order valence-electron chi connectivity index (χ0n) is 14.3. The molecule has 0 bridgehead atoms. The number of piperidine rings is 1. The van der Waals surface area contributed by atoms with Gasteiger partial charge in [0.05, 0.1) is 5.56 Å². The highest BCUT2D eigenvalue weighted by atomic mass is 19.4. The van der Waals surface area contributed by atoms with Crippen molar-refractivity contribution in [2.75, 3.05) is 26.2 Å². The molecule has 3 rings (SSSR count). The molecule has 26 heavy (non-hydrogen) atoms. The van der Waals surface area contributed by atoms with Crippen LogP contribution < -0.4 is 15.4 Å². The van der Waals surface area contributed by atoms with Gasteiger partial charge in [-0.25, -0.2) is 0 Å². The molecule has 1 amide bonds. The summed E-state index contributed by atoms with van der Waals surface area (Å²) in [7, 11) is 0. The quantitative estimate of drug-likeness (QED) is 0.714. The number of carbonyl (C=O) groups excluding carboxylic acids is 1. The summed E-state index contributed by atoms with van der Waals surface area (Å²) in [6.07, 6.45) is -2.41. The number of amides is 1. The van der Waals surface area contributed by atoms with Gasteiger partial charge in [-0.1, -0.05) is 0 Å². The average Bonchev–Trinajstić information content (AvgIpc) is 3.31. The van der Waals surface area contributed by atoms with Crippen molar-refractivity contribution in [3.8, 4) is 5.75 Å². The van der Waals surface area contributed by atoms with Crippen molar-refractivity contribution in [1.82, 2.24) is 10.6 Å². The summed E-state index contributed by atoms with van der Waals surface area (Å²) in [6, 6.07) is 4.27. The lowest BCUT2D eigenvalue weighted by atomic mass is 9.92. The maximum Gasteiger partial charge on any atom is 0.416 e. The van der Waals surface area contributed by atoms with Gasteiger partial charge in [0, 0.05) is 12.5 Å². The normalized spacial score (nSPS) is 22.7. The van der Waals surface area contributed by atoms with Crippen LogP contribution in [0.1, 0.15) is 24.8 Å². The zero-order valence-corrected chi connectivity index (χ0v) is 14.3. The molecular weight excluding hydrogens is 349 g/mol. The molecule has 1 spiro atoms. The summed E-state index contributed by atoms with van der Waals surface area (Å²) < 4.78 is 42.7. The Morgan fingerprint density at radius 2 is 1.96 bits per heavy atom. The van der Waals surface area contributed by atoms with Gasteiger partial charge in [-0.15, -0.1) is 0 Å². The van der Waals surface area contributed by atoms with Gasteiger partial charge in [0.15, 0.2) is 0 Å². The van der Waals surface area contributed by atoms with Crippen molar-refractivity contribution in [3.63, 3.8) is 0 Å². The minimum atomic E-state index is -4.39. The van der Waals surface area contributed by atoms with Crippen molar-refractivity contribution in [2.24, 2.45) is 11.3 Å². The maximum atomic E-state index is 12.5. The van der Waals surface area contributed by atoms with E-state index in [0.29, 0.717) is 0 Å². The molecule has 0 radical (unpaired) electrons. The van der Waals surface area contributed by atoms with Gasteiger partial charge in [0.1, 0.15) is 18.5 Å². The molecule has 1 aromatic rings. The molecule has 8 heteroatoms. The first-order valence-electron chi connectivity index (χ1n) is 8.77. The molecule has 144 valence electrons. The molecule has 1 saturated carbocycles. The standard InChI is InChI=1S/C18H23F3N2O3/c19-18(20,21)12-1-3-14(4-2-12)26-11-13(24)10-23-16(25)15-9-17(15)5-7-22-8-6-17/h1-4,13,15,22,24H,5-11H2,(H,23,25). The van der Waals surface area contributed by atoms with E-state index in [-0.39, 0.29) is 36.1 Å². The lowest BCUT2D eigenvalue weighted by Crippen LogP contribution is -2.38. The number of hydrogen-bond donors (Lipinski definition) is 3. The molecule has 5 nitrogen and oxygen atoms in total. The predicted octanol–water partition coefficient (Wildman–Crippen LogP) is 1.95. The summed E-state index contributed by atoms with van der Waals surface area (Å²) >= 11 is 0. The van der Waals surface area contributed by atoms with Gasteiger partial charge in [0.2, 0.25) is 5.91 Å². The summed E-state index contributed by atoms with van der Waals surface area (Å²) in [6.45, 7) is 1.83. The first kappa shape index (κ1) is 19.0. The molecule has 1 heterocycles. The number of rotatable bonds is 6. The third-order valence-electron chi connectivity index (χ3n) is 5.24. The van der Waals surface area contributed by atoms with Crippen molar-refractivity contribution in [3.05, 3.63) is 29.8 Å². The number of alkyl halides is 3. The number of nitrogens with one attached hydrogen (secondary N) is 2. The van der Waals surface area contributed by atoms with E-state index in [1.807, 2.05) is 0 Å². The Bertz CT molecular complexity index is 628. The molecule has 0 aromatic heterocycles. The Morgan fingerprint density at radius 3 is 2.58 bits per heavy atom. The van der Waals surface area contributed by atoms with E-state index >= 15 is 0 Å².